The third kappa shape index (κ3) is 7.89. The predicted octanol–water partition coefficient (Wildman–Crippen LogP) is 4.09. The van der Waals surface area contributed by atoms with Gasteiger partial charge in [-0.1, -0.05) is 18.2 Å². The largest absolute Gasteiger partial charge is 0.444 e. The van der Waals surface area contributed by atoms with Crippen LogP contribution < -0.4 is 15.1 Å². The number of benzene rings is 2. The fourth-order valence-corrected chi connectivity index (χ4v) is 4.26. The molecular formula is C29H35FN6O3. The van der Waals surface area contributed by atoms with Crippen LogP contribution in [0.3, 0.4) is 0 Å². The average molecular weight is 535 g/mol. The van der Waals surface area contributed by atoms with Crippen LogP contribution in [0.15, 0.2) is 60.9 Å². The maximum atomic E-state index is 13.2. The Morgan fingerprint density at radius 3 is 2.26 bits per heavy atom. The van der Waals surface area contributed by atoms with Gasteiger partial charge < -0.3 is 24.8 Å². The van der Waals surface area contributed by atoms with Gasteiger partial charge in [0.1, 0.15) is 18.0 Å². The summed E-state index contributed by atoms with van der Waals surface area (Å²) >= 11 is 0. The minimum Gasteiger partial charge on any atom is -0.444 e. The van der Waals surface area contributed by atoms with Crippen molar-refractivity contribution in [3.63, 3.8) is 0 Å². The van der Waals surface area contributed by atoms with Crippen molar-refractivity contribution in [2.24, 2.45) is 0 Å². The highest BCUT2D eigenvalue weighted by Gasteiger charge is 2.20. The number of hydrogen-bond acceptors (Lipinski definition) is 7. The molecule has 1 saturated heterocycles. The Kier molecular flexibility index (Phi) is 8.63. The number of aromatic nitrogens is 2. The molecule has 1 aliphatic rings. The van der Waals surface area contributed by atoms with Crippen molar-refractivity contribution in [1.82, 2.24) is 20.2 Å². The first kappa shape index (κ1) is 27.8. The Bertz CT molecular complexity index is 1270. The molecule has 206 valence electrons. The van der Waals surface area contributed by atoms with E-state index >= 15 is 0 Å². The number of amides is 2. The summed E-state index contributed by atoms with van der Waals surface area (Å²) in [6.45, 7) is 8.71. The molecule has 2 aromatic carbocycles. The molecule has 0 spiro atoms. The van der Waals surface area contributed by atoms with E-state index < -0.39 is 11.7 Å². The molecule has 0 atom stereocenters. The van der Waals surface area contributed by atoms with Gasteiger partial charge in [0.15, 0.2) is 0 Å². The lowest BCUT2D eigenvalue weighted by molar-refractivity contribution is -0.129. The smallest absolute Gasteiger partial charge is 0.408 e. The fraction of sp³-hybridized carbons (Fsp3) is 0.379. The van der Waals surface area contributed by atoms with E-state index in [0.29, 0.717) is 12.5 Å². The van der Waals surface area contributed by atoms with Crippen LogP contribution >= 0.6 is 0 Å². The van der Waals surface area contributed by atoms with Crippen LogP contribution in [0.4, 0.5) is 20.8 Å². The summed E-state index contributed by atoms with van der Waals surface area (Å²) in [7, 11) is 1.69. The highest BCUT2D eigenvalue weighted by atomic mass is 19.1. The van der Waals surface area contributed by atoms with Crippen LogP contribution in [-0.4, -0.2) is 72.2 Å². The standard InChI is InChI=1S/C29H35FN6O3/c1-29(2,3)39-28(38)33-19-26(37)34(4)20-21-6-5-7-22(16-21)23-17-31-27(32-18-23)36-14-12-35(13-15-36)25-10-8-24(30)9-11-25/h5-11,16-18H,12-15,19-20H2,1-4H3,(H,33,38). The number of halogens is 1. The summed E-state index contributed by atoms with van der Waals surface area (Å²) in [5.41, 5.74) is 3.17. The molecule has 0 unspecified atom stereocenters. The zero-order valence-corrected chi connectivity index (χ0v) is 22.9. The van der Waals surface area contributed by atoms with Crippen molar-refractivity contribution in [1.29, 1.82) is 0 Å². The molecular weight excluding hydrogens is 499 g/mol. The maximum absolute atomic E-state index is 13.2. The first-order chi connectivity index (χ1) is 18.6. The second-order valence-electron chi connectivity index (χ2n) is 10.5. The van der Waals surface area contributed by atoms with E-state index in [1.165, 1.54) is 12.1 Å². The summed E-state index contributed by atoms with van der Waals surface area (Å²) in [6.07, 6.45) is 3.00. The Hall–Kier alpha value is -4.21. The van der Waals surface area contributed by atoms with Crippen LogP contribution in [0.2, 0.25) is 0 Å². The molecule has 9 nitrogen and oxygen atoms in total. The zero-order chi connectivity index (χ0) is 28.0. The normalized spacial score (nSPS) is 13.7. The Labute approximate surface area is 228 Å². The minimum atomic E-state index is -0.623. The summed E-state index contributed by atoms with van der Waals surface area (Å²) in [5, 5.41) is 2.50. The predicted molar refractivity (Wildman–Crippen MR) is 149 cm³/mol. The molecule has 1 fully saturated rings. The molecule has 4 rings (SSSR count). The number of carbonyl (C=O) groups is 2. The monoisotopic (exact) mass is 534 g/mol. The number of hydrogen-bond donors (Lipinski definition) is 1. The number of ether oxygens (including phenoxy) is 1. The molecule has 2 amide bonds. The van der Waals surface area contributed by atoms with Gasteiger partial charge in [-0.2, -0.15) is 0 Å². The van der Waals surface area contributed by atoms with Gasteiger partial charge in [0.25, 0.3) is 0 Å². The van der Waals surface area contributed by atoms with E-state index in [1.54, 1.807) is 44.9 Å². The number of carbonyl (C=O) groups excluding carboxylic acids is 2. The van der Waals surface area contributed by atoms with Gasteiger partial charge in [0, 0.05) is 63.4 Å². The second-order valence-corrected chi connectivity index (χ2v) is 10.5. The van der Waals surface area contributed by atoms with E-state index in [2.05, 4.69) is 25.1 Å². The fourth-order valence-electron chi connectivity index (χ4n) is 4.26. The van der Waals surface area contributed by atoms with E-state index in [9.17, 15) is 14.0 Å². The molecule has 0 bridgehead atoms. The van der Waals surface area contributed by atoms with Crippen molar-refractivity contribution >= 4 is 23.6 Å². The van der Waals surface area contributed by atoms with E-state index in [4.69, 9.17) is 4.74 Å². The molecule has 10 heteroatoms. The van der Waals surface area contributed by atoms with Gasteiger partial charge in [-0.25, -0.2) is 19.2 Å². The van der Waals surface area contributed by atoms with Gasteiger partial charge in [0.05, 0.1) is 0 Å². The highest BCUT2D eigenvalue weighted by molar-refractivity contribution is 5.82. The Morgan fingerprint density at radius 1 is 0.974 bits per heavy atom. The lowest BCUT2D eigenvalue weighted by Gasteiger charge is -2.36. The average Bonchev–Trinajstić information content (AvgIpc) is 2.91. The number of anilines is 2. The van der Waals surface area contributed by atoms with Crippen LogP contribution in [0.5, 0.6) is 0 Å². The van der Waals surface area contributed by atoms with Crippen molar-refractivity contribution < 1.29 is 18.7 Å². The number of rotatable bonds is 7. The summed E-state index contributed by atoms with van der Waals surface area (Å²) in [4.78, 5) is 39.4. The second kappa shape index (κ2) is 12.1. The molecule has 0 aliphatic carbocycles. The number of likely N-dealkylation sites (N-methyl/N-ethyl adjacent to an activating group) is 1. The zero-order valence-electron chi connectivity index (χ0n) is 22.9. The molecule has 1 N–H and O–H groups in total. The molecule has 1 aromatic heterocycles. The molecule has 3 aromatic rings. The number of alkyl carbamates (subject to hydrolysis) is 1. The van der Waals surface area contributed by atoms with Gasteiger partial charge in [-0.15, -0.1) is 0 Å². The van der Waals surface area contributed by atoms with Gasteiger partial charge >= 0.3 is 6.09 Å². The third-order valence-corrected chi connectivity index (χ3v) is 6.28. The van der Waals surface area contributed by atoms with Crippen LogP contribution in [0.25, 0.3) is 11.1 Å². The first-order valence-electron chi connectivity index (χ1n) is 12.9. The molecule has 0 radical (unpaired) electrons. The van der Waals surface area contributed by atoms with E-state index in [1.807, 2.05) is 36.7 Å². The van der Waals surface area contributed by atoms with Crippen molar-refractivity contribution in [3.05, 3.63) is 72.3 Å². The Balaban J connectivity index is 1.30. The van der Waals surface area contributed by atoms with Gasteiger partial charge in [-0.05, 0) is 62.2 Å². The molecule has 1 aliphatic heterocycles. The molecule has 39 heavy (non-hydrogen) atoms. The lowest BCUT2D eigenvalue weighted by Crippen LogP contribution is -2.47. The summed E-state index contributed by atoms with van der Waals surface area (Å²) in [5.74, 6) is 0.222. The number of nitrogens with one attached hydrogen (secondary N) is 1. The van der Waals surface area contributed by atoms with Crippen LogP contribution in [0.1, 0.15) is 26.3 Å². The molecule has 2 heterocycles. The topological polar surface area (TPSA) is 90.9 Å². The van der Waals surface area contributed by atoms with E-state index in [0.717, 1.165) is 48.6 Å². The number of piperazine rings is 1. The van der Waals surface area contributed by atoms with Crippen molar-refractivity contribution in [3.8, 4) is 11.1 Å². The van der Waals surface area contributed by atoms with Gasteiger partial charge in [0.2, 0.25) is 11.9 Å². The number of nitrogens with zero attached hydrogens (tertiary/aromatic N) is 5. The first-order valence-corrected chi connectivity index (χ1v) is 12.9. The van der Waals surface area contributed by atoms with Crippen molar-refractivity contribution in [2.75, 3.05) is 49.6 Å². The minimum absolute atomic E-state index is 0.140. The maximum Gasteiger partial charge on any atom is 0.408 e. The van der Waals surface area contributed by atoms with E-state index in [-0.39, 0.29) is 18.3 Å². The van der Waals surface area contributed by atoms with Gasteiger partial charge in [-0.3, -0.25) is 4.79 Å². The summed E-state index contributed by atoms with van der Waals surface area (Å²) < 4.78 is 18.4. The lowest BCUT2D eigenvalue weighted by atomic mass is 10.1. The quantitative estimate of drug-likeness (QED) is 0.488. The van der Waals surface area contributed by atoms with Crippen molar-refractivity contribution in [2.45, 2.75) is 32.9 Å². The highest BCUT2D eigenvalue weighted by Crippen LogP contribution is 2.23. The third-order valence-electron chi connectivity index (χ3n) is 6.28. The summed E-state index contributed by atoms with van der Waals surface area (Å²) in [6, 6.07) is 14.4. The van der Waals surface area contributed by atoms with Crippen LogP contribution in [-0.2, 0) is 16.1 Å². The SMILES string of the molecule is CN(Cc1cccc(-c2cnc(N3CCN(c4ccc(F)cc4)CC3)nc2)c1)C(=O)CNC(=O)OC(C)(C)C. The van der Waals surface area contributed by atoms with Crippen LogP contribution in [0, 0.1) is 5.82 Å². The molecule has 0 saturated carbocycles. The Morgan fingerprint density at radius 2 is 1.62 bits per heavy atom.